The molecule has 3 heterocycles. The van der Waals surface area contributed by atoms with Crippen LogP contribution in [0.15, 0.2) is 36.5 Å². The van der Waals surface area contributed by atoms with Gasteiger partial charge in [-0.15, -0.1) is 0 Å². The first kappa shape index (κ1) is 19.2. The molecule has 2 aromatic heterocycles. The molecule has 0 bridgehead atoms. The predicted molar refractivity (Wildman–Crippen MR) is 122 cm³/mol. The number of morpholine rings is 1. The van der Waals surface area contributed by atoms with Crippen molar-refractivity contribution in [3.63, 3.8) is 0 Å². The second-order valence-electron chi connectivity index (χ2n) is 8.55. The van der Waals surface area contributed by atoms with Gasteiger partial charge in [-0.3, -0.25) is 4.79 Å². The van der Waals surface area contributed by atoms with E-state index in [-0.39, 0.29) is 5.91 Å². The molecule has 0 spiro atoms. The number of amides is 1. The van der Waals surface area contributed by atoms with Crippen molar-refractivity contribution in [3.05, 3.63) is 53.5 Å². The number of nitrogens with one attached hydrogen (secondary N) is 2. The highest BCUT2D eigenvalue weighted by Crippen LogP contribution is 2.40. The first-order valence-corrected chi connectivity index (χ1v) is 11.1. The molecule has 1 aliphatic carbocycles. The zero-order valence-corrected chi connectivity index (χ0v) is 17.9. The highest BCUT2D eigenvalue weighted by molar-refractivity contribution is 6.06. The summed E-state index contributed by atoms with van der Waals surface area (Å²) in [6, 6.07) is 9.88. The van der Waals surface area contributed by atoms with Crippen molar-refractivity contribution in [2.24, 2.45) is 0 Å². The van der Waals surface area contributed by atoms with Gasteiger partial charge in [0.1, 0.15) is 11.3 Å². The van der Waals surface area contributed by atoms with Gasteiger partial charge >= 0.3 is 0 Å². The Bertz CT molecular complexity index is 1340. The molecule has 8 heteroatoms. The maximum Gasteiger partial charge on any atom is 0.256 e. The van der Waals surface area contributed by atoms with Crippen LogP contribution in [0.25, 0.3) is 21.9 Å². The van der Waals surface area contributed by atoms with Gasteiger partial charge in [0.15, 0.2) is 0 Å². The number of hydrogen-bond acceptors (Lipinski definition) is 6. The molecule has 8 nitrogen and oxygen atoms in total. The van der Waals surface area contributed by atoms with E-state index in [1.165, 1.54) is 0 Å². The molecule has 6 rings (SSSR count). The first-order valence-electron chi connectivity index (χ1n) is 11.1. The normalized spacial score (nSPS) is 16.6. The molecule has 2 fully saturated rings. The van der Waals surface area contributed by atoms with E-state index >= 15 is 0 Å². The van der Waals surface area contributed by atoms with Crippen molar-refractivity contribution in [1.82, 2.24) is 24.8 Å². The minimum absolute atomic E-state index is 0.0222. The summed E-state index contributed by atoms with van der Waals surface area (Å²) in [4.78, 5) is 32.6. The zero-order valence-electron chi connectivity index (χ0n) is 17.9. The van der Waals surface area contributed by atoms with E-state index in [9.17, 15) is 4.79 Å². The van der Waals surface area contributed by atoms with Crippen LogP contribution in [0.3, 0.4) is 0 Å². The second-order valence-corrected chi connectivity index (χ2v) is 8.55. The number of aromatic nitrogens is 4. The average molecular weight is 428 g/mol. The Kier molecular flexibility index (Phi) is 4.53. The fourth-order valence-corrected chi connectivity index (χ4v) is 4.25. The highest BCUT2D eigenvalue weighted by Gasteiger charge is 2.29. The Morgan fingerprint density at radius 1 is 1.16 bits per heavy atom. The number of carbonyl (C=O) groups excluding carboxylic acids is 1. The molecule has 162 valence electrons. The molecule has 0 unspecified atom stereocenters. The van der Waals surface area contributed by atoms with Gasteiger partial charge in [-0.25, -0.2) is 15.0 Å². The molecule has 0 atom stereocenters. The van der Waals surface area contributed by atoms with Crippen LogP contribution in [0, 0.1) is 6.92 Å². The van der Waals surface area contributed by atoms with E-state index in [0.29, 0.717) is 43.7 Å². The summed E-state index contributed by atoms with van der Waals surface area (Å²) >= 11 is 0. The molecule has 2 aromatic carbocycles. The number of aryl methyl sites for hydroxylation is 1. The number of hydrogen-bond donors (Lipinski definition) is 2. The quantitative estimate of drug-likeness (QED) is 0.512. The predicted octanol–water partition coefficient (Wildman–Crippen LogP) is 3.91. The van der Waals surface area contributed by atoms with Gasteiger partial charge in [0.25, 0.3) is 5.91 Å². The van der Waals surface area contributed by atoms with Crippen LogP contribution in [-0.4, -0.2) is 57.0 Å². The number of imidazole rings is 1. The minimum Gasteiger partial charge on any atom is -0.378 e. The zero-order chi connectivity index (χ0) is 21.7. The van der Waals surface area contributed by atoms with Crippen molar-refractivity contribution in [2.45, 2.75) is 25.7 Å². The van der Waals surface area contributed by atoms with Crippen LogP contribution < -0.4 is 5.32 Å². The number of fused-ring (bicyclic) bond motifs is 2. The Morgan fingerprint density at radius 2 is 2.00 bits per heavy atom. The monoisotopic (exact) mass is 428 g/mol. The lowest BCUT2D eigenvalue weighted by atomic mass is 10.1. The molecule has 1 amide bonds. The number of rotatable bonds is 4. The number of anilines is 2. The number of para-hydroxylation sites is 1. The van der Waals surface area contributed by atoms with Gasteiger partial charge < -0.3 is 19.9 Å². The van der Waals surface area contributed by atoms with Crippen molar-refractivity contribution < 1.29 is 9.53 Å². The van der Waals surface area contributed by atoms with Gasteiger partial charge in [0.05, 0.1) is 29.8 Å². The number of carbonyl (C=O) groups is 1. The number of ether oxygens (including phenoxy) is 1. The van der Waals surface area contributed by atoms with E-state index in [0.717, 1.165) is 51.9 Å². The maximum absolute atomic E-state index is 13.4. The van der Waals surface area contributed by atoms with Crippen LogP contribution in [0.4, 0.5) is 11.6 Å². The first-order chi connectivity index (χ1) is 15.7. The largest absolute Gasteiger partial charge is 0.378 e. The Labute approximate surface area is 185 Å². The summed E-state index contributed by atoms with van der Waals surface area (Å²) < 4.78 is 5.42. The maximum atomic E-state index is 13.4. The Morgan fingerprint density at radius 3 is 2.81 bits per heavy atom. The lowest BCUT2D eigenvalue weighted by Crippen LogP contribution is -2.40. The molecule has 2 N–H and O–H groups in total. The lowest BCUT2D eigenvalue weighted by molar-refractivity contribution is 0.0304. The summed E-state index contributed by atoms with van der Waals surface area (Å²) in [6.45, 7) is 4.33. The molecule has 0 radical (unpaired) electrons. The average Bonchev–Trinajstić information content (AvgIpc) is 3.58. The lowest BCUT2D eigenvalue weighted by Gasteiger charge is -2.27. The van der Waals surface area contributed by atoms with Gasteiger partial charge in [-0.2, -0.15) is 0 Å². The van der Waals surface area contributed by atoms with E-state index in [2.05, 4.69) is 15.3 Å². The third kappa shape index (κ3) is 3.46. The van der Waals surface area contributed by atoms with E-state index in [4.69, 9.17) is 14.7 Å². The third-order valence-corrected chi connectivity index (χ3v) is 6.17. The fraction of sp³-hybridized carbons (Fsp3) is 0.333. The van der Waals surface area contributed by atoms with Crippen LogP contribution in [0.2, 0.25) is 0 Å². The molecular weight excluding hydrogens is 404 g/mol. The van der Waals surface area contributed by atoms with Crippen LogP contribution in [0.5, 0.6) is 0 Å². The second kappa shape index (κ2) is 7.56. The molecule has 1 saturated carbocycles. The number of nitrogens with zero attached hydrogens (tertiary/aromatic N) is 4. The van der Waals surface area contributed by atoms with Crippen molar-refractivity contribution in [2.75, 3.05) is 31.6 Å². The van der Waals surface area contributed by atoms with Crippen LogP contribution in [0.1, 0.15) is 40.5 Å². The molecule has 1 aliphatic heterocycles. The smallest absolute Gasteiger partial charge is 0.256 e. The number of benzene rings is 2. The van der Waals surface area contributed by atoms with Crippen LogP contribution >= 0.6 is 0 Å². The third-order valence-electron chi connectivity index (χ3n) is 6.17. The van der Waals surface area contributed by atoms with E-state index in [1.807, 2.05) is 48.4 Å². The van der Waals surface area contributed by atoms with Crippen molar-refractivity contribution >= 4 is 39.5 Å². The summed E-state index contributed by atoms with van der Waals surface area (Å²) in [5.74, 6) is 1.91. The minimum atomic E-state index is -0.0222. The van der Waals surface area contributed by atoms with Gasteiger partial charge in [-0.1, -0.05) is 18.2 Å². The van der Waals surface area contributed by atoms with Crippen molar-refractivity contribution in [3.8, 4) is 0 Å². The Balaban J connectivity index is 1.41. The molecule has 4 aromatic rings. The SMILES string of the molecule is Cc1cccc2cnc(Nc3cc(C(=O)N4CCOCC4)c4nc(C5CC5)[nH]c4c3)nc12. The number of aromatic amines is 1. The molecule has 1 saturated heterocycles. The highest BCUT2D eigenvalue weighted by atomic mass is 16.5. The summed E-state index contributed by atoms with van der Waals surface area (Å²) in [5.41, 5.74) is 4.93. The summed E-state index contributed by atoms with van der Waals surface area (Å²) in [6.07, 6.45) is 4.10. The standard InChI is InChI=1S/C24H24N6O2/c1-14-3-2-4-16-13-25-24(29-20(14)16)26-17-11-18(23(31)30-7-9-32-10-8-30)21-19(12-17)27-22(28-21)15-5-6-15/h2-4,11-13,15H,5-10H2,1H3,(H,27,28)(H,25,26,29). The van der Waals surface area contributed by atoms with Gasteiger partial charge in [0.2, 0.25) is 5.95 Å². The summed E-state index contributed by atoms with van der Waals surface area (Å²) in [7, 11) is 0. The van der Waals surface area contributed by atoms with Crippen LogP contribution in [-0.2, 0) is 4.74 Å². The molecular formula is C24H24N6O2. The van der Waals surface area contributed by atoms with E-state index < -0.39 is 0 Å². The molecule has 2 aliphatic rings. The van der Waals surface area contributed by atoms with E-state index in [1.54, 1.807) is 0 Å². The van der Waals surface area contributed by atoms with Gasteiger partial charge in [-0.05, 0) is 37.5 Å². The molecule has 32 heavy (non-hydrogen) atoms. The fourth-order valence-electron chi connectivity index (χ4n) is 4.25. The summed E-state index contributed by atoms with van der Waals surface area (Å²) in [5, 5.41) is 4.30. The number of H-pyrrole nitrogens is 1. The van der Waals surface area contributed by atoms with Gasteiger partial charge in [0, 0.05) is 36.3 Å². The Hall–Kier alpha value is -3.52. The van der Waals surface area contributed by atoms with Crippen molar-refractivity contribution in [1.29, 1.82) is 0 Å². The topological polar surface area (TPSA) is 96.0 Å².